The van der Waals surface area contributed by atoms with Gasteiger partial charge in [-0.1, -0.05) is 11.6 Å². The Kier molecular flexibility index (Phi) is 1.81. The third-order valence-corrected chi connectivity index (χ3v) is 1.92. The fraction of sp³-hybridized carbons (Fsp3) is 0. The summed E-state index contributed by atoms with van der Waals surface area (Å²) in [5.74, 6) is -0.391. The standard InChI is InChI=1S/C9H4ClFO2/c10-7-4-5-3-6(11)1-2-8(5)13-9(7)12/h1-4H. The van der Waals surface area contributed by atoms with Gasteiger partial charge in [-0.25, -0.2) is 9.18 Å². The predicted octanol–water partition coefficient (Wildman–Crippen LogP) is 2.59. The molecule has 0 aliphatic rings. The van der Waals surface area contributed by atoms with E-state index in [1.54, 1.807) is 0 Å². The van der Waals surface area contributed by atoms with Crippen molar-refractivity contribution in [3.05, 3.63) is 45.5 Å². The summed E-state index contributed by atoms with van der Waals surface area (Å²) in [4.78, 5) is 10.9. The highest BCUT2D eigenvalue weighted by atomic mass is 35.5. The molecule has 13 heavy (non-hydrogen) atoms. The van der Waals surface area contributed by atoms with Crippen molar-refractivity contribution >= 4 is 22.6 Å². The molecule has 0 unspecified atom stereocenters. The smallest absolute Gasteiger partial charge is 0.355 e. The lowest BCUT2D eigenvalue weighted by Gasteiger charge is -1.95. The average Bonchev–Trinajstić information content (AvgIpc) is 2.08. The van der Waals surface area contributed by atoms with E-state index >= 15 is 0 Å². The molecule has 0 aliphatic heterocycles. The summed E-state index contributed by atoms with van der Waals surface area (Å²) in [6.45, 7) is 0. The van der Waals surface area contributed by atoms with Gasteiger partial charge < -0.3 is 4.42 Å². The van der Waals surface area contributed by atoms with Crippen LogP contribution in [0.2, 0.25) is 5.02 Å². The van der Waals surface area contributed by atoms with E-state index in [1.807, 2.05) is 0 Å². The van der Waals surface area contributed by atoms with Crippen molar-refractivity contribution in [3.8, 4) is 0 Å². The molecule has 2 rings (SSSR count). The topological polar surface area (TPSA) is 30.2 Å². The Morgan fingerprint density at radius 2 is 2.08 bits per heavy atom. The van der Waals surface area contributed by atoms with Crippen LogP contribution in [0, 0.1) is 5.82 Å². The Bertz CT molecular complexity index is 518. The Morgan fingerprint density at radius 3 is 2.85 bits per heavy atom. The van der Waals surface area contributed by atoms with Crippen LogP contribution in [0.15, 0.2) is 33.5 Å². The highest BCUT2D eigenvalue weighted by molar-refractivity contribution is 6.30. The lowest BCUT2D eigenvalue weighted by atomic mass is 10.2. The highest BCUT2D eigenvalue weighted by Gasteiger charge is 2.02. The second-order valence-corrected chi connectivity index (χ2v) is 2.97. The minimum atomic E-state index is -0.610. The molecular weight excluding hydrogens is 195 g/mol. The molecule has 0 radical (unpaired) electrons. The quantitative estimate of drug-likeness (QED) is 0.609. The van der Waals surface area contributed by atoms with Gasteiger partial charge in [-0.15, -0.1) is 0 Å². The molecule has 0 spiro atoms. The Balaban J connectivity index is 2.89. The number of benzene rings is 1. The van der Waals surface area contributed by atoms with Crippen LogP contribution in [-0.4, -0.2) is 0 Å². The van der Waals surface area contributed by atoms with Gasteiger partial charge in [0.2, 0.25) is 0 Å². The van der Waals surface area contributed by atoms with E-state index in [4.69, 9.17) is 16.0 Å². The summed E-state index contributed by atoms with van der Waals surface area (Å²) in [5, 5.41) is 0.433. The Labute approximate surface area is 77.5 Å². The van der Waals surface area contributed by atoms with E-state index in [-0.39, 0.29) is 5.02 Å². The predicted molar refractivity (Wildman–Crippen MR) is 47.5 cm³/mol. The van der Waals surface area contributed by atoms with Gasteiger partial charge in [-0.3, -0.25) is 0 Å². The van der Waals surface area contributed by atoms with Crippen LogP contribution < -0.4 is 5.63 Å². The summed E-state index contributed by atoms with van der Waals surface area (Å²) in [6.07, 6.45) is 0. The summed E-state index contributed by atoms with van der Waals surface area (Å²) in [5.41, 5.74) is -0.281. The van der Waals surface area contributed by atoms with Crippen molar-refractivity contribution < 1.29 is 8.81 Å². The largest absolute Gasteiger partial charge is 0.422 e. The van der Waals surface area contributed by atoms with E-state index in [2.05, 4.69) is 0 Å². The van der Waals surface area contributed by atoms with Crippen LogP contribution in [0.4, 0.5) is 4.39 Å². The van der Waals surface area contributed by atoms with Crippen molar-refractivity contribution in [2.45, 2.75) is 0 Å². The van der Waals surface area contributed by atoms with E-state index in [9.17, 15) is 9.18 Å². The molecule has 0 aliphatic carbocycles. The minimum absolute atomic E-state index is 0.0434. The fourth-order valence-electron chi connectivity index (χ4n) is 1.07. The van der Waals surface area contributed by atoms with Crippen LogP contribution in [0.3, 0.4) is 0 Å². The molecule has 2 aromatic rings. The van der Waals surface area contributed by atoms with Gasteiger partial charge >= 0.3 is 5.63 Å². The molecular formula is C9H4ClFO2. The zero-order valence-corrected chi connectivity index (χ0v) is 7.14. The van der Waals surface area contributed by atoms with E-state index in [0.29, 0.717) is 11.0 Å². The molecule has 0 bridgehead atoms. The number of fused-ring (bicyclic) bond motifs is 1. The Hall–Kier alpha value is -1.35. The summed E-state index contributed by atoms with van der Waals surface area (Å²) in [7, 11) is 0. The molecule has 0 N–H and O–H groups in total. The molecule has 0 saturated heterocycles. The number of hydrogen-bond acceptors (Lipinski definition) is 2. The van der Waals surface area contributed by atoms with Crippen molar-refractivity contribution in [2.24, 2.45) is 0 Å². The summed E-state index contributed by atoms with van der Waals surface area (Å²) < 4.78 is 17.5. The maximum Gasteiger partial charge on any atom is 0.355 e. The van der Waals surface area contributed by atoms with Crippen LogP contribution in [0.25, 0.3) is 11.0 Å². The monoisotopic (exact) mass is 198 g/mol. The number of halogens is 2. The second-order valence-electron chi connectivity index (χ2n) is 2.56. The third-order valence-electron chi connectivity index (χ3n) is 1.65. The molecule has 0 amide bonds. The first-order valence-corrected chi connectivity index (χ1v) is 3.93. The fourth-order valence-corrected chi connectivity index (χ4v) is 1.23. The number of hydrogen-bond donors (Lipinski definition) is 0. The van der Waals surface area contributed by atoms with E-state index < -0.39 is 11.4 Å². The molecule has 0 atom stereocenters. The second kappa shape index (κ2) is 2.85. The van der Waals surface area contributed by atoms with E-state index in [0.717, 1.165) is 0 Å². The third kappa shape index (κ3) is 1.42. The van der Waals surface area contributed by atoms with Crippen molar-refractivity contribution in [2.75, 3.05) is 0 Å². The lowest BCUT2D eigenvalue weighted by Crippen LogP contribution is -1.97. The van der Waals surface area contributed by atoms with Gasteiger partial charge in [0.25, 0.3) is 0 Å². The first-order chi connectivity index (χ1) is 6.16. The molecule has 1 heterocycles. The molecule has 0 fully saturated rings. The minimum Gasteiger partial charge on any atom is -0.422 e. The van der Waals surface area contributed by atoms with Crippen LogP contribution >= 0.6 is 11.6 Å². The molecule has 66 valence electrons. The highest BCUT2D eigenvalue weighted by Crippen LogP contribution is 2.16. The van der Waals surface area contributed by atoms with Gasteiger partial charge in [0.05, 0.1) is 0 Å². The van der Waals surface area contributed by atoms with Gasteiger partial charge in [-0.2, -0.15) is 0 Å². The SMILES string of the molecule is O=c1oc2ccc(F)cc2cc1Cl. The molecule has 1 aromatic heterocycles. The average molecular weight is 199 g/mol. The number of rotatable bonds is 0. The Morgan fingerprint density at radius 1 is 1.31 bits per heavy atom. The summed E-state index contributed by atoms with van der Waals surface area (Å²) in [6, 6.07) is 5.25. The molecule has 1 aromatic carbocycles. The van der Waals surface area contributed by atoms with Crippen molar-refractivity contribution in [1.29, 1.82) is 0 Å². The van der Waals surface area contributed by atoms with Crippen LogP contribution in [-0.2, 0) is 0 Å². The zero-order chi connectivity index (χ0) is 9.42. The zero-order valence-electron chi connectivity index (χ0n) is 6.38. The van der Waals surface area contributed by atoms with E-state index in [1.165, 1.54) is 24.3 Å². The first-order valence-electron chi connectivity index (χ1n) is 3.56. The van der Waals surface area contributed by atoms with Crippen LogP contribution in [0.1, 0.15) is 0 Å². The first kappa shape index (κ1) is 8.26. The normalized spacial score (nSPS) is 10.6. The maximum atomic E-state index is 12.7. The van der Waals surface area contributed by atoms with Gasteiger partial charge in [0.1, 0.15) is 16.4 Å². The van der Waals surface area contributed by atoms with Crippen LogP contribution in [0.5, 0.6) is 0 Å². The van der Waals surface area contributed by atoms with Gasteiger partial charge in [-0.05, 0) is 24.3 Å². The van der Waals surface area contributed by atoms with Crippen molar-refractivity contribution in [1.82, 2.24) is 0 Å². The maximum absolute atomic E-state index is 12.7. The van der Waals surface area contributed by atoms with Gasteiger partial charge in [0.15, 0.2) is 0 Å². The molecule has 2 nitrogen and oxygen atoms in total. The summed E-state index contributed by atoms with van der Waals surface area (Å²) >= 11 is 5.51. The van der Waals surface area contributed by atoms with Crippen molar-refractivity contribution in [3.63, 3.8) is 0 Å². The molecule has 0 saturated carbocycles. The lowest BCUT2D eigenvalue weighted by molar-refractivity contribution is 0.559. The molecule has 4 heteroatoms. The van der Waals surface area contributed by atoms with Gasteiger partial charge in [0, 0.05) is 5.39 Å².